The van der Waals surface area contributed by atoms with Crippen LogP contribution >= 0.6 is 0 Å². The minimum absolute atomic E-state index is 0.151. The molecule has 1 aromatic carbocycles. The van der Waals surface area contributed by atoms with Gasteiger partial charge in [-0.1, -0.05) is 44.2 Å². The van der Waals surface area contributed by atoms with Gasteiger partial charge in [-0.2, -0.15) is 0 Å². The molecule has 1 N–H and O–H groups in total. The van der Waals surface area contributed by atoms with E-state index in [4.69, 9.17) is 0 Å². The van der Waals surface area contributed by atoms with Gasteiger partial charge in [0.15, 0.2) is 0 Å². The highest BCUT2D eigenvalue weighted by Crippen LogP contribution is 2.22. The Bertz CT molecular complexity index is 392. The Morgan fingerprint density at radius 1 is 1.22 bits per heavy atom. The Hall–Kier alpha value is -0.670. The fraction of sp³-hybridized carbons (Fsp3) is 0.600. The second kappa shape index (κ2) is 5.98. The summed E-state index contributed by atoms with van der Waals surface area (Å²) >= 11 is 0. The molecule has 0 atom stereocenters. The monoisotopic (exact) mass is 265 g/mol. The molecule has 1 aromatic rings. The molecule has 1 aliphatic rings. The van der Waals surface area contributed by atoms with Crippen molar-refractivity contribution in [1.82, 2.24) is 5.32 Å². The van der Waals surface area contributed by atoms with Gasteiger partial charge in [0.1, 0.15) is 0 Å². The van der Waals surface area contributed by atoms with Gasteiger partial charge in [0, 0.05) is 40.3 Å². The summed E-state index contributed by atoms with van der Waals surface area (Å²) in [5.41, 5.74) is 1.52. The van der Waals surface area contributed by atoms with Gasteiger partial charge in [-0.25, -0.2) is 0 Å². The first-order valence-corrected chi connectivity index (χ1v) is 8.21. The van der Waals surface area contributed by atoms with E-state index in [1.165, 1.54) is 5.56 Å². The Kier molecular flexibility index (Phi) is 4.57. The second-order valence-electron chi connectivity index (χ2n) is 5.75. The lowest BCUT2D eigenvalue weighted by Crippen LogP contribution is -2.42. The molecule has 3 heteroatoms. The predicted molar refractivity (Wildman–Crippen MR) is 78.4 cm³/mol. The molecule has 1 fully saturated rings. The zero-order valence-corrected chi connectivity index (χ0v) is 12.1. The summed E-state index contributed by atoms with van der Waals surface area (Å²) in [6.07, 6.45) is 2.11. The maximum Gasteiger partial charge on any atom is 0.0249 e. The molecule has 2 rings (SSSR count). The molecule has 0 bridgehead atoms. The van der Waals surface area contributed by atoms with E-state index in [1.807, 2.05) is 0 Å². The summed E-state index contributed by atoms with van der Waals surface area (Å²) in [7, 11) is -0.562. The zero-order chi connectivity index (χ0) is 13.0. The molecule has 0 aromatic heterocycles. The number of hydrogen-bond acceptors (Lipinski definition) is 2. The highest BCUT2D eigenvalue weighted by atomic mass is 32.2. The van der Waals surface area contributed by atoms with E-state index < -0.39 is 10.8 Å². The van der Waals surface area contributed by atoms with Gasteiger partial charge in [0.25, 0.3) is 0 Å². The first-order valence-electron chi connectivity index (χ1n) is 6.72. The van der Waals surface area contributed by atoms with Crippen molar-refractivity contribution in [3.63, 3.8) is 0 Å². The average molecular weight is 265 g/mol. The minimum Gasteiger partial charge on any atom is -0.313 e. The van der Waals surface area contributed by atoms with Gasteiger partial charge >= 0.3 is 0 Å². The molecule has 2 nitrogen and oxygen atoms in total. The van der Waals surface area contributed by atoms with Crippen molar-refractivity contribution in [3.8, 4) is 0 Å². The minimum atomic E-state index is -0.562. The quantitative estimate of drug-likeness (QED) is 0.906. The van der Waals surface area contributed by atoms with Crippen LogP contribution in [0.2, 0.25) is 0 Å². The van der Waals surface area contributed by atoms with Crippen LogP contribution in [0.1, 0.15) is 32.3 Å². The molecule has 1 heterocycles. The third-order valence-electron chi connectivity index (χ3n) is 3.78. The van der Waals surface area contributed by atoms with E-state index in [2.05, 4.69) is 49.5 Å². The SMILES string of the molecule is CC(C)(CNC1CCS(=O)CC1)c1ccccc1. The lowest BCUT2D eigenvalue weighted by atomic mass is 9.84. The van der Waals surface area contributed by atoms with Crippen molar-refractivity contribution < 1.29 is 4.21 Å². The molecular weight excluding hydrogens is 242 g/mol. The van der Waals surface area contributed by atoms with Gasteiger partial charge in [0.2, 0.25) is 0 Å². The number of nitrogens with one attached hydrogen (secondary N) is 1. The van der Waals surface area contributed by atoms with E-state index in [0.29, 0.717) is 6.04 Å². The fourth-order valence-corrected chi connectivity index (χ4v) is 3.69. The molecule has 0 radical (unpaired) electrons. The Morgan fingerprint density at radius 2 is 1.83 bits per heavy atom. The van der Waals surface area contributed by atoms with Crippen molar-refractivity contribution >= 4 is 10.8 Å². The molecule has 1 saturated heterocycles. The fourth-order valence-electron chi connectivity index (χ4n) is 2.39. The number of hydrogen-bond donors (Lipinski definition) is 1. The van der Waals surface area contributed by atoms with Crippen LogP contribution in [-0.4, -0.2) is 28.3 Å². The van der Waals surface area contributed by atoms with E-state index in [-0.39, 0.29) is 5.41 Å². The third-order valence-corrected chi connectivity index (χ3v) is 5.16. The van der Waals surface area contributed by atoms with Crippen LogP contribution in [-0.2, 0) is 16.2 Å². The van der Waals surface area contributed by atoms with Gasteiger partial charge in [-0.05, 0) is 18.4 Å². The normalized spacial score (nSPS) is 25.0. The predicted octanol–water partition coefficient (Wildman–Crippen LogP) is 2.46. The zero-order valence-electron chi connectivity index (χ0n) is 11.3. The van der Waals surface area contributed by atoms with Crippen molar-refractivity contribution in [1.29, 1.82) is 0 Å². The summed E-state index contributed by atoms with van der Waals surface area (Å²) in [5.74, 6) is 1.73. The standard InChI is InChI=1S/C15H23NOS/c1-15(2,13-6-4-3-5-7-13)12-16-14-8-10-18(17)11-9-14/h3-7,14,16H,8-12H2,1-2H3. The molecule has 0 aliphatic carbocycles. The summed E-state index contributed by atoms with van der Waals surface area (Å²) in [5, 5.41) is 3.65. The summed E-state index contributed by atoms with van der Waals surface area (Å²) in [6.45, 7) is 5.53. The molecule has 0 saturated carbocycles. The van der Waals surface area contributed by atoms with Crippen molar-refractivity contribution in [2.24, 2.45) is 0 Å². The molecule has 1 aliphatic heterocycles. The smallest absolute Gasteiger partial charge is 0.0249 e. The van der Waals surface area contributed by atoms with Gasteiger partial charge in [-0.15, -0.1) is 0 Å². The summed E-state index contributed by atoms with van der Waals surface area (Å²) in [4.78, 5) is 0. The molecule has 0 amide bonds. The van der Waals surface area contributed by atoms with Crippen molar-refractivity contribution in [2.45, 2.75) is 38.1 Å². The maximum atomic E-state index is 11.3. The van der Waals surface area contributed by atoms with Gasteiger partial charge < -0.3 is 5.32 Å². The van der Waals surface area contributed by atoms with Crippen LogP contribution in [0.15, 0.2) is 30.3 Å². The Morgan fingerprint density at radius 3 is 2.44 bits per heavy atom. The van der Waals surface area contributed by atoms with Gasteiger partial charge in [0.05, 0.1) is 0 Å². The molecule has 100 valence electrons. The van der Waals surface area contributed by atoms with E-state index in [9.17, 15) is 4.21 Å². The van der Waals surface area contributed by atoms with Crippen molar-refractivity contribution in [2.75, 3.05) is 18.1 Å². The third kappa shape index (κ3) is 3.66. The second-order valence-corrected chi connectivity index (χ2v) is 7.45. The average Bonchev–Trinajstić information content (AvgIpc) is 2.39. The van der Waals surface area contributed by atoms with Gasteiger partial charge in [-0.3, -0.25) is 4.21 Å². The Balaban J connectivity index is 1.87. The lowest BCUT2D eigenvalue weighted by molar-refractivity contribution is 0.400. The van der Waals surface area contributed by atoms with Crippen LogP contribution in [0.4, 0.5) is 0 Å². The largest absolute Gasteiger partial charge is 0.313 e. The summed E-state index contributed by atoms with van der Waals surface area (Å²) < 4.78 is 11.3. The first kappa shape index (κ1) is 13.8. The molecule has 0 spiro atoms. The molecule has 0 unspecified atom stereocenters. The van der Waals surface area contributed by atoms with Crippen LogP contribution < -0.4 is 5.32 Å². The molecular formula is C15H23NOS. The number of rotatable bonds is 4. The highest BCUT2D eigenvalue weighted by molar-refractivity contribution is 7.85. The van der Waals surface area contributed by atoms with E-state index in [1.54, 1.807) is 0 Å². The van der Waals surface area contributed by atoms with Crippen LogP contribution in [0.25, 0.3) is 0 Å². The van der Waals surface area contributed by atoms with E-state index in [0.717, 1.165) is 30.9 Å². The van der Waals surface area contributed by atoms with Crippen LogP contribution in [0, 0.1) is 0 Å². The van der Waals surface area contributed by atoms with E-state index >= 15 is 0 Å². The number of benzene rings is 1. The summed E-state index contributed by atoms with van der Waals surface area (Å²) in [6, 6.07) is 11.2. The molecule has 18 heavy (non-hydrogen) atoms. The maximum absolute atomic E-state index is 11.3. The highest BCUT2D eigenvalue weighted by Gasteiger charge is 2.23. The topological polar surface area (TPSA) is 29.1 Å². The van der Waals surface area contributed by atoms with Crippen molar-refractivity contribution in [3.05, 3.63) is 35.9 Å². The van der Waals surface area contributed by atoms with Crippen LogP contribution in [0.3, 0.4) is 0 Å². The van der Waals surface area contributed by atoms with Crippen LogP contribution in [0.5, 0.6) is 0 Å². The first-order chi connectivity index (χ1) is 8.58. The Labute approximate surface area is 113 Å². The lowest BCUT2D eigenvalue weighted by Gasteiger charge is -2.30.